The quantitative estimate of drug-likeness (QED) is 0.630. The first-order valence-electron chi connectivity index (χ1n) is 9.75. The Kier molecular flexibility index (Phi) is 5.45. The SMILES string of the molecule is COC(=O)c1ccc(N2CCN(Cc3cc(F)cc4cccnc34)C(C)C2)cc1. The Labute approximate surface area is 169 Å². The molecule has 4 rings (SSSR count). The molecule has 0 radical (unpaired) electrons. The molecule has 0 saturated carbocycles. The molecular formula is C23H24FN3O2. The molecule has 1 fully saturated rings. The minimum atomic E-state index is -0.328. The molecule has 6 heteroatoms. The Bertz CT molecular complexity index is 1020. The molecule has 0 N–H and O–H groups in total. The van der Waals surface area contributed by atoms with Crippen LogP contribution in [-0.2, 0) is 11.3 Å². The van der Waals surface area contributed by atoms with Gasteiger partial charge in [-0.3, -0.25) is 9.88 Å². The van der Waals surface area contributed by atoms with Gasteiger partial charge >= 0.3 is 5.97 Å². The number of fused-ring (bicyclic) bond motifs is 1. The van der Waals surface area contributed by atoms with Crippen LogP contribution in [0.25, 0.3) is 10.9 Å². The van der Waals surface area contributed by atoms with Gasteiger partial charge in [0.25, 0.3) is 0 Å². The molecule has 1 aromatic heterocycles. The maximum absolute atomic E-state index is 14.1. The molecular weight excluding hydrogens is 369 g/mol. The number of rotatable bonds is 4. The number of carbonyl (C=O) groups is 1. The number of ether oxygens (including phenoxy) is 1. The second-order valence-corrected chi connectivity index (χ2v) is 7.44. The van der Waals surface area contributed by atoms with E-state index < -0.39 is 0 Å². The number of carbonyl (C=O) groups excluding carboxylic acids is 1. The van der Waals surface area contributed by atoms with Gasteiger partial charge in [-0.15, -0.1) is 0 Å². The largest absolute Gasteiger partial charge is 0.465 e. The lowest BCUT2D eigenvalue weighted by atomic mass is 10.1. The first-order chi connectivity index (χ1) is 14.0. The highest BCUT2D eigenvalue weighted by Crippen LogP contribution is 2.24. The normalized spacial score (nSPS) is 17.5. The zero-order valence-corrected chi connectivity index (χ0v) is 16.6. The highest BCUT2D eigenvalue weighted by atomic mass is 19.1. The first kappa shape index (κ1) is 19.3. The van der Waals surface area contributed by atoms with Gasteiger partial charge in [0, 0.05) is 49.5 Å². The number of aromatic nitrogens is 1. The average molecular weight is 393 g/mol. The van der Waals surface area contributed by atoms with Crippen molar-refractivity contribution in [1.29, 1.82) is 0 Å². The Morgan fingerprint density at radius 1 is 1.21 bits per heavy atom. The summed E-state index contributed by atoms with van der Waals surface area (Å²) in [5.41, 5.74) is 3.42. The summed E-state index contributed by atoms with van der Waals surface area (Å²) in [7, 11) is 1.38. The van der Waals surface area contributed by atoms with Crippen LogP contribution in [0.4, 0.5) is 10.1 Å². The molecule has 150 valence electrons. The number of benzene rings is 2. The number of piperazine rings is 1. The lowest BCUT2D eigenvalue weighted by molar-refractivity contribution is 0.0600. The van der Waals surface area contributed by atoms with Crippen LogP contribution in [0.5, 0.6) is 0 Å². The Morgan fingerprint density at radius 3 is 2.72 bits per heavy atom. The van der Waals surface area contributed by atoms with Gasteiger partial charge in [-0.05, 0) is 55.0 Å². The Hall–Kier alpha value is -2.99. The van der Waals surface area contributed by atoms with E-state index in [-0.39, 0.29) is 11.8 Å². The summed E-state index contributed by atoms with van der Waals surface area (Å²) in [6, 6.07) is 14.7. The van der Waals surface area contributed by atoms with Gasteiger partial charge in [-0.2, -0.15) is 0 Å². The van der Waals surface area contributed by atoms with E-state index in [2.05, 4.69) is 21.7 Å². The molecule has 1 unspecified atom stereocenters. The fourth-order valence-corrected chi connectivity index (χ4v) is 3.96. The molecule has 2 aromatic carbocycles. The van der Waals surface area contributed by atoms with Crippen molar-refractivity contribution in [1.82, 2.24) is 9.88 Å². The van der Waals surface area contributed by atoms with Gasteiger partial charge in [-0.25, -0.2) is 9.18 Å². The lowest BCUT2D eigenvalue weighted by Crippen LogP contribution is -2.51. The van der Waals surface area contributed by atoms with Gasteiger partial charge < -0.3 is 9.64 Å². The van der Waals surface area contributed by atoms with Gasteiger partial charge in [0.15, 0.2) is 0 Å². The molecule has 1 aliphatic rings. The molecule has 29 heavy (non-hydrogen) atoms. The first-order valence-corrected chi connectivity index (χ1v) is 9.75. The van der Waals surface area contributed by atoms with Crippen molar-refractivity contribution >= 4 is 22.6 Å². The van der Waals surface area contributed by atoms with Crippen molar-refractivity contribution in [2.75, 3.05) is 31.6 Å². The van der Waals surface area contributed by atoms with Crippen LogP contribution in [0.2, 0.25) is 0 Å². The smallest absolute Gasteiger partial charge is 0.337 e. The van der Waals surface area contributed by atoms with Crippen LogP contribution in [0.3, 0.4) is 0 Å². The van der Waals surface area contributed by atoms with Gasteiger partial charge in [-0.1, -0.05) is 6.07 Å². The molecule has 0 aliphatic carbocycles. The summed E-state index contributed by atoms with van der Waals surface area (Å²) in [6.45, 7) is 5.44. The van der Waals surface area contributed by atoms with Crippen molar-refractivity contribution < 1.29 is 13.9 Å². The van der Waals surface area contributed by atoms with Crippen LogP contribution in [-0.4, -0.2) is 48.6 Å². The third kappa shape index (κ3) is 4.07. The summed E-state index contributed by atoms with van der Waals surface area (Å²) in [4.78, 5) is 20.7. The molecule has 3 aromatic rings. The zero-order chi connectivity index (χ0) is 20.4. The fraction of sp³-hybridized carbons (Fsp3) is 0.304. The Morgan fingerprint density at radius 2 is 2.00 bits per heavy atom. The van der Waals surface area contributed by atoms with E-state index >= 15 is 0 Å². The summed E-state index contributed by atoms with van der Waals surface area (Å²) < 4.78 is 18.8. The molecule has 1 saturated heterocycles. The van der Waals surface area contributed by atoms with Crippen molar-refractivity contribution in [3.8, 4) is 0 Å². The third-order valence-corrected chi connectivity index (χ3v) is 5.54. The van der Waals surface area contributed by atoms with E-state index in [9.17, 15) is 9.18 Å². The maximum Gasteiger partial charge on any atom is 0.337 e. The van der Waals surface area contributed by atoms with Crippen LogP contribution >= 0.6 is 0 Å². The molecule has 5 nitrogen and oxygen atoms in total. The van der Waals surface area contributed by atoms with Gasteiger partial charge in [0.2, 0.25) is 0 Å². The number of hydrogen-bond donors (Lipinski definition) is 0. The highest BCUT2D eigenvalue weighted by Gasteiger charge is 2.25. The van der Waals surface area contributed by atoms with E-state index in [1.165, 1.54) is 13.2 Å². The number of halogens is 1. The van der Waals surface area contributed by atoms with Crippen LogP contribution in [0.15, 0.2) is 54.7 Å². The predicted molar refractivity (Wildman–Crippen MR) is 112 cm³/mol. The van der Waals surface area contributed by atoms with Crippen molar-refractivity contribution in [3.63, 3.8) is 0 Å². The van der Waals surface area contributed by atoms with Gasteiger partial charge in [0.1, 0.15) is 5.82 Å². The molecule has 1 aliphatic heterocycles. The Balaban J connectivity index is 1.47. The molecule has 0 bridgehead atoms. The molecule has 0 amide bonds. The monoisotopic (exact) mass is 393 g/mol. The second-order valence-electron chi connectivity index (χ2n) is 7.44. The zero-order valence-electron chi connectivity index (χ0n) is 16.6. The standard InChI is InChI=1S/C23H24FN3O2/c1-16-14-27(21-7-5-17(6-8-21)23(28)29-2)11-10-26(16)15-19-13-20(24)12-18-4-3-9-25-22(18)19/h3-9,12-13,16H,10-11,14-15H2,1-2H3. The number of esters is 1. The summed E-state index contributed by atoms with van der Waals surface area (Å²) >= 11 is 0. The molecule has 2 heterocycles. The lowest BCUT2D eigenvalue weighted by Gasteiger charge is -2.41. The summed E-state index contributed by atoms with van der Waals surface area (Å²) in [6.07, 6.45) is 1.75. The molecule has 0 spiro atoms. The minimum absolute atomic E-state index is 0.225. The second kappa shape index (κ2) is 8.17. The average Bonchev–Trinajstić information content (AvgIpc) is 2.74. The van der Waals surface area contributed by atoms with E-state index in [1.807, 2.05) is 24.3 Å². The number of pyridine rings is 1. The van der Waals surface area contributed by atoms with Crippen LogP contribution in [0, 0.1) is 5.82 Å². The summed E-state index contributed by atoms with van der Waals surface area (Å²) in [5.74, 6) is -0.553. The highest BCUT2D eigenvalue weighted by molar-refractivity contribution is 5.89. The molecule has 1 atom stereocenters. The third-order valence-electron chi connectivity index (χ3n) is 5.54. The van der Waals surface area contributed by atoms with Gasteiger partial charge in [0.05, 0.1) is 18.2 Å². The van der Waals surface area contributed by atoms with Crippen LogP contribution in [0.1, 0.15) is 22.8 Å². The van der Waals surface area contributed by atoms with Crippen molar-refractivity contribution in [2.45, 2.75) is 19.5 Å². The van der Waals surface area contributed by atoms with Crippen molar-refractivity contribution in [3.05, 3.63) is 71.7 Å². The topological polar surface area (TPSA) is 45.7 Å². The number of hydrogen-bond acceptors (Lipinski definition) is 5. The van der Waals surface area contributed by atoms with E-state index in [0.717, 1.165) is 41.8 Å². The number of nitrogens with zero attached hydrogens (tertiary/aromatic N) is 3. The van der Waals surface area contributed by atoms with E-state index in [4.69, 9.17) is 4.74 Å². The minimum Gasteiger partial charge on any atom is -0.465 e. The number of methoxy groups -OCH3 is 1. The van der Waals surface area contributed by atoms with Crippen molar-refractivity contribution in [2.24, 2.45) is 0 Å². The number of anilines is 1. The van der Waals surface area contributed by atoms with E-state index in [0.29, 0.717) is 18.2 Å². The maximum atomic E-state index is 14.1. The summed E-state index contributed by atoms with van der Waals surface area (Å²) in [5, 5.41) is 0.833. The van der Waals surface area contributed by atoms with Crippen LogP contribution < -0.4 is 4.90 Å². The fourth-order valence-electron chi connectivity index (χ4n) is 3.96. The predicted octanol–water partition coefficient (Wildman–Crippen LogP) is 3.87. The van der Waals surface area contributed by atoms with E-state index in [1.54, 1.807) is 24.4 Å².